The van der Waals surface area contributed by atoms with Gasteiger partial charge in [-0.2, -0.15) is 5.26 Å². The number of hydrogen-bond acceptors (Lipinski definition) is 4. The summed E-state index contributed by atoms with van der Waals surface area (Å²) in [7, 11) is -3.63. The molecule has 0 atom stereocenters. The first kappa shape index (κ1) is 18.5. The molecule has 0 aliphatic heterocycles. The number of sulfonamides is 1. The second-order valence-electron chi connectivity index (χ2n) is 5.50. The third-order valence-corrected chi connectivity index (χ3v) is 4.78. The van der Waals surface area contributed by atoms with Crippen LogP contribution in [0, 0.1) is 11.3 Å². The Balaban J connectivity index is 2.22. The Morgan fingerprint density at radius 1 is 1.16 bits per heavy atom. The predicted molar refractivity (Wildman–Crippen MR) is 97.8 cm³/mol. The van der Waals surface area contributed by atoms with Crippen LogP contribution in [0.5, 0.6) is 0 Å². The number of carbonyl (C=O) groups excluding carboxylic acids is 1. The number of nitriles is 1. The minimum atomic E-state index is -3.63. The molecule has 6 nitrogen and oxygen atoms in total. The highest BCUT2D eigenvalue weighted by Crippen LogP contribution is 2.19. The van der Waals surface area contributed by atoms with Crippen LogP contribution in [0.15, 0.2) is 48.5 Å². The average molecular weight is 357 g/mol. The van der Waals surface area contributed by atoms with Crippen LogP contribution in [0.25, 0.3) is 0 Å². The van der Waals surface area contributed by atoms with Crippen LogP contribution in [0.3, 0.4) is 0 Å². The third kappa shape index (κ3) is 4.81. The van der Waals surface area contributed by atoms with Crippen molar-refractivity contribution >= 4 is 27.3 Å². The van der Waals surface area contributed by atoms with Crippen LogP contribution < -0.4 is 9.62 Å². The van der Waals surface area contributed by atoms with Gasteiger partial charge in [0.25, 0.3) is 0 Å². The van der Waals surface area contributed by atoms with Crippen molar-refractivity contribution in [1.29, 1.82) is 5.26 Å². The van der Waals surface area contributed by atoms with Crippen LogP contribution in [-0.4, -0.2) is 27.1 Å². The molecule has 0 saturated heterocycles. The van der Waals surface area contributed by atoms with Gasteiger partial charge in [0.15, 0.2) is 0 Å². The highest BCUT2D eigenvalue weighted by Gasteiger charge is 2.21. The van der Waals surface area contributed by atoms with Crippen LogP contribution in [0.1, 0.15) is 18.1 Å². The summed E-state index contributed by atoms with van der Waals surface area (Å²) in [6.45, 7) is 1.63. The maximum absolute atomic E-state index is 12.3. The van der Waals surface area contributed by atoms with Gasteiger partial charge in [0, 0.05) is 0 Å². The number of hydrogen-bond donors (Lipinski definition) is 1. The first-order valence-electron chi connectivity index (χ1n) is 7.70. The number of carbonyl (C=O) groups is 1. The quantitative estimate of drug-likeness (QED) is 0.860. The summed E-state index contributed by atoms with van der Waals surface area (Å²) >= 11 is 0. The molecule has 0 fully saturated rings. The minimum absolute atomic E-state index is 0.314. The van der Waals surface area contributed by atoms with Gasteiger partial charge >= 0.3 is 0 Å². The van der Waals surface area contributed by atoms with Gasteiger partial charge in [-0.25, -0.2) is 8.42 Å². The van der Waals surface area contributed by atoms with E-state index in [9.17, 15) is 13.2 Å². The Kier molecular flexibility index (Phi) is 5.78. The molecule has 25 heavy (non-hydrogen) atoms. The molecular weight excluding hydrogens is 338 g/mol. The van der Waals surface area contributed by atoms with Crippen molar-refractivity contribution in [2.75, 3.05) is 22.4 Å². The molecule has 130 valence electrons. The topological polar surface area (TPSA) is 90.3 Å². The summed E-state index contributed by atoms with van der Waals surface area (Å²) in [6, 6.07) is 15.5. The lowest BCUT2D eigenvalue weighted by atomic mass is 10.1. The minimum Gasteiger partial charge on any atom is -0.323 e. The van der Waals surface area contributed by atoms with Gasteiger partial charge in [0.1, 0.15) is 12.6 Å². The number of para-hydroxylation sites is 1. The van der Waals surface area contributed by atoms with E-state index in [0.717, 1.165) is 22.5 Å². The molecule has 2 aromatic rings. The molecule has 0 spiro atoms. The number of amides is 1. The Hall–Kier alpha value is -2.85. The maximum atomic E-state index is 12.3. The van der Waals surface area contributed by atoms with Crippen molar-refractivity contribution in [2.24, 2.45) is 0 Å². The molecule has 0 unspecified atom stereocenters. The van der Waals surface area contributed by atoms with Crippen molar-refractivity contribution in [3.8, 4) is 6.07 Å². The average Bonchev–Trinajstić information content (AvgIpc) is 2.59. The second kappa shape index (κ2) is 7.81. The van der Waals surface area contributed by atoms with Crippen molar-refractivity contribution in [3.05, 3.63) is 59.7 Å². The van der Waals surface area contributed by atoms with Crippen LogP contribution in [0.4, 0.5) is 11.4 Å². The van der Waals surface area contributed by atoms with Gasteiger partial charge in [0.05, 0.1) is 23.2 Å². The lowest BCUT2D eigenvalue weighted by Crippen LogP contribution is -2.37. The number of nitrogens with zero attached hydrogens (tertiary/aromatic N) is 2. The number of benzene rings is 2. The summed E-state index contributed by atoms with van der Waals surface area (Å²) in [4.78, 5) is 12.3. The molecule has 1 amide bonds. The lowest BCUT2D eigenvalue weighted by Gasteiger charge is -2.22. The molecular formula is C18H19N3O3S. The Bertz CT molecular complexity index is 900. The van der Waals surface area contributed by atoms with E-state index < -0.39 is 15.9 Å². The zero-order valence-electron chi connectivity index (χ0n) is 14.1. The van der Waals surface area contributed by atoms with E-state index in [0.29, 0.717) is 16.9 Å². The fourth-order valence-electron chi connectivity index (χ4n) is 2.31. The normalized spacial score (nSPS) is 10.8. The first-order chi connectivity index (χ1) is 11.8. The molecule has 7 heteroatoms. The smallest absolute Gasteiger partial charge is 0.245 e. The fourth-order valence-corrected chi connectivity index (χ4v) is 3.16. The third-order valence-electron chi connectivity index (χ3n) is 3.64. The van der Waals surface area contributed by atoms with Crippen molar-refractivity contribution in [2.45, 2.75) is 13.3 Å². The van der Waals surface area contributed by atoms with Gasteiger partial charge in [0.2, 0.25) is 15.9 Å². The summed E-state index contributed by atoms with van der Waals surface area (Å²) in [5, 5.41) is 11.7. The molecule has 0 aliphatic carbocycles. The van der Waals surface area contributed by atoms with Crippen molar-refractivity contribution in [1.82, 2.24) is 0 Å². The van der Waals surface area contributed by atoms with Crippen molar-refractivity contribution < 1.29 is 13.2 Å². The van der Waals surface area contributed by atoms with E-state index in [-0.39, 0.29) is 6.54 Å². The molecule has 0 aliphatic rings. The summed E-state index contributed by atoms with van der Waals surface area (Å²) < 4.78 is 25.2. The predicted octanol–water partition coefficient (Wildman–Crippen LogP) is 2.53. The zero-order chi connectivity index (χ0) is 18.4. The van der Waals surface area contributed by atoms with E-state index in [2.05, 4.69) is 5.32 Å². The van der Waals surface area contributed by atoms with E-state index in [1.165, 1.54) is 0 Å². The largest absolute Gasteiger partial charge is 0.323 e. The van der Waals surface area contributed by atoms with Gasteiger partial charge in [-0.15, -0.1) is 0 Å². The summed E-state index contributed by atoms with van der Waals surface area (Å²) in [6.07, 6.45) is 1.89. The van der Waals surface area contributed by atoms with Gasteiger partial charge in [-0.1, -0.05) is 31.2 Å². The van der Waals surface area contributed by atoms with Gasteiger partial charge < -0.3 is 5.32 Å². The number of anilines is 2. The van der Waals surface area contributed by atoms with Crippen LogP contribution in [-0.2, 0) is 21.2 Å². The highest BCUT2D eigenvalue weighted by atomic mass is 32.2. The number of nitrogens with one attached hydrogen (secondary N) is 1. The SMILES string of the molecule is CCc1ccc(N(CC(=O)Nc2ccccc2C#N)S(C)(=O)=O)cc1. The van der Waals surface area contributed by atoms with E-state index in [4.69, 9.17) is 5.26 Å². The monoisotopic (exact) mass is 357 g/mol. The van der Waals surface area contributed by atoms with E-state index in [1.54, 1.807) is 36.4 Å². The van der Waals surface area contributed by atoms with E-state index in [1.807, 2.05) is 25.1 Å². The van der Waals surface area contributed by atoms with E-state index >= 15 is 0 Å². The molecule has 0 heterocycles. The van der Waals surface area contributed by atoms with Crippen LogP contribution in [0.2, 0.25) is 0 Å². The number of aryl methyl sites for hydroxylation is 1. The Morgan fingerprint density at radius 2 is 1.80 bits per heavy atom. The van der Waals surface area contributed by atoms with Crippen LogP contribution >= 0.6 is 0 Å². The Labute approximate surface area is 147 Å². The molecule has 1 N–H and O–H groups in total. The Morgan fingerprint density at radius 3 is 2.36 bits per heavy atom. The summed E-state index contributed by atoms with van der Waals surface area (Å²) in [5.74, 6) is -0.521. The zero-order valence-corrected chi connectivity index (χ0v) is 14.9. The van der Waals surface area contributed by atoms with Gasteiger partial charge in [-0.3, -0.25) is 9.10 Å². The molecule has 0 bridgehead atoms. The molecule has 0 radical (unpaired) electrons. The molecule has 2 rings (SSSR count). The molecule has 2 aromatic carbocycles. The van der Waals surface area contributed by atoms with Gasteiger partial charge in [-0.05, 0) is 36.2 Å². The fraction of sp³-hybridized carbons (Fsp3) is 0.222. The standard InChI is InChI=1S/C18H19N3O3S/c1-3-14-8-10-16(11-9-14)21(25(2,23)24)13-18(22)20-17-7-5-4-6-15(17)12-19/h4-11H,3,13H2,1-2H3,(H,20,22). The molecule has 0 aromatic heterocycles. The highest BCUT2D eigenvalue weighted by molar-refractivity contribution is 7.92. The lowest BCUT2D eigenvalue weighted by molar-refractivity contribution is -0.114. The summed E-state index contributed by atoms with van der Waals surface area (Å²) in [5.41, 5.74) is 2.16. The number of rotatable bonds is 6. The second-order valence-corrected chi connectivity index (χ2v) is 7.40. The maximum Gasteiger partial charge on any atom is 0.245 e. The van der Waals surface area contributed by atoms with Crippen molar-refractivity contribution in [3.63, 3.8) is 0 Å². The molecule has 0 saturated carbocycles. The first-order valence-corrected chi connectivity index (χ1v) is 9.55.